The average Bonchev–Trinajstić information content (AvgIpc) is 2.72. The van der Waals surface area contributed by atoms with E-state index < -0.39 is 5.97 Å². The molecule has 0 spiro atoms. The second kappa shape index (κ2) is 8.51. The summed E-state index contributed by atoms with van der Waals surface area (Å²) in [6, 6.07) is 0.424. The van der Waals surface area contributed by atoms with Crippen LogP contribution in [-0.2, 0) is 9.59 Å². The van der Waals surface area contributed by atoms with E-state index in [9.17, 15) is 9.59 Å². The number of carbonyl (C=O) groups excluding carboxylic acids is 1. The van der Waals surface area contributed by atoms with Crippen LogP contribution in [0.25, 0.3) is 0 Å². The number of likely N-dealkylation sites (tertiary alicyclic amines) is 1. The number of amides is 1. The summed E-state index contributed by atoms with van der Waals surface area (Å²) in [4.78, 5) is 27.5. The molecule has 5 nitrogen and oxygen atoms in total. The molecule has 1 aliphatic carbocycles. The second-order valence-electron chi connectivity index (χ2n) is 6.97. The van der Waals surface area contributed by atoms with Gasteiger partial charge in [0.2, 0.25) is 5.91 Å². The summed E-state index contributed by atoms with van der Waals surface area (Å²) in [7, 11) is 1.95. The molecule has 1 atom stereocenters. The molecule has 126 valence electrons. The zero-order valence-electron chi connectivity index (χ0n) is 13.8. The zero-order chi connectivity index (χ0) is 15.9. The highest BCUT2D eigenvalue weighted by atomic mass is 16.4. The molecule has 0 aromatic heterocycles. The lowest BCUT2D eigenvalue weighted by Gasteiger charge is -2.33. The predicted octanol–water partition coefficient (Wildman–Crippen LogP) is 2.35. The van der Waals surface area contributed by atoms with Crippen LogP contribution in [0, 0.1) is 5.92 Å². The SMILES string of the molecule is CN(C(=O)CN1CCC[C@H](CC(=O)O)CC1)C1CCCCC1. The van der Waals surface area contributed by atoms with Gasteiger partial charge in [0.25, 0.3) is 0 Å². The van der Waals surface area contributed by atoms with Crippen molar-refractivity contribution in [3.63, 3.8) is 0 Å². The molecule has 5 heteroatoms. The van der Waals surface area contributed by atoms with Gasteiger partial charge in [0, 0.05) is 19.5 Å². The molecule has 2 rings (SSSR count). The average molecular weight is 310 g/mol. The van der Waals surface area contributed by atoms with Gasteiger partial charge in [-0.2, -0.15) is 0 Å². The van der Waals surface area contributed by atoms with Crippen LogP contribution in [0.5, 0.6) is 0 Å². The zero-order valence-corrected chi connectivity index (χ0v) is 13.8. The highest BCUT2D eigenvalue weighted by Gasteiger charge is 2.25. The van der Waals surface area contributed by atoms with Gasteiger partial charge in [-0.05, 0) is 51.1 Å². The van der Waals surface area contributed by atoms with Crippen molar-refractivity contribution in [3.8, 4) is 0 Å². The third-order valence-corrected chi connectivity index (χ3v) is 5.28. The molecule has 0 aromatic rings. The van der Waals surface area contributed by atoms with Gasteiger partial charge < -0.3 is 10.0 Å². The number of hydrogen-bond donors (Lipinski definition) is 1. The highest BCUT2D eigenvalue weighted by Crippen LogP contribution is 2.23. The van der Waals surface area contributed by atoms with E-state index in [-0.39, 0.29) is 18.2 Å². The summed E-state index contributed by atoms with van der Waals surface area (Å²) in [5, 5.41) is 8.91. The van der Waals surface area contributed by atoms with Gasteiger partial charge in [0.1, 0.15) is 0 Å². The summed E-state index contributed by atoms with van der Waals surface area (Å²) >= 11 is 0. The first kappa shape index (κ1) is 17.3. The lowest BCUT2D eigenvalue weighted by atomic mass is 9.94. The van der Waals surface area contributed by atoms with Crippen LogP contribution in [0.3, 0.4) is 0 Å². The molecule has 1 saturated carbocycles. The molecular weight excluding hydrogens is 280 g/mol. The molecule has 0 unspecified atom stereocenters. The monoisotopic (exact) mass is 310 g/mol. The second-order valence-corrected chi connectivity index (χ2v) is 6.97. The van der Waals surface area contributed by atoms with Crippen LogP contribution in [0.4, 0.5) is 0 Å². The van der Waals surface area contributed by atoms with Crippen LogP contribution in [0.2, 0.25) is 0 Å². The van der Waals surface area contributed by atoms with E-state index in [0.29, 0.717) is 12.6 Å². The molecule has 2 fully saturated rings. The molecule has 0 radical (unpaired) electrons. The van der Waals surface area contributed by atoms with Crippen molar-refractivity contribution >= 4 is 11.9 Å². The minimum atomic E-state index is -0.702. The van der Waals surface area contributed by atoms with Crippen molar-refractivity contribution in [2.75, 3.05) is 26.7 Å². The van der Waals surface area contributed by atoms with Crippen molar-refractivity contribution in [1.29, 1.82) is 0 Å². The Kier molecular flexibility index (Phi) is 6.68. The molecule has 1 amide bonds. The number of rotatable bonds is 5. The fraction of sp³-hybridized carbons (Fsp3) is 0.882. The van der Waals surface area contributed by atoms with E-state index in [1.54, 1.807) is 0 Å². The first-order valence-corrected chi connectivity index (χ1v) is 8.76. The third-order valence-electron chi connectivity index (χ3n) is 5.28. The summed E-state index contributed by atoms with van der Waals surface area (Å²) in [5.74, 6) is -0.205. The molecule has 1 heterocycles. The van der Waals surface area contributed by atoms with Crippen LogP contribution < -0.4 is 0 Å². The smallest absolute Gasteiger partial charge is 0.303 e. The molecule has 1 aliphatic heterocycles. The van der Waals surface area contributed by atoms with E-state index in [0.717, 1.165) is 45.2 Å². The highest BCUT2D eigenvalue weighted by molar-refractivity contribution is 5.78. The van der Waals surface area contributed by atoms with Crippen LogP contribution in [0.1, 0.15) is 57.8 Å². The Balaban J connectivity index is 1.77. The molecule has 1 N–H and O–H groups in total. The molecule has 1 saturated heterocycles. The van der Waals surface area contributed by atoms with Gasteiger partial charge in [-0.15, -0.1) is 0 Å². The summed E-state index contributed by atoms with van der Waals surface area (Å²) in [6.45, 7) is 2.26. The number of aliphatic carboxylic acids is 1. The first-order valence-electron chi connectivity index (χ1n) is 8.76. The van der Waals surface area contributed by atoms with Crippen LogP contribution in [-0.4, -0.2) is 59.5 Å². The minimum absolute atomic E-state index is 0.226. The number of carboxylic acid groups (broad SMARTS) is 1. The van der Waals surface area contributed by atoms with Gasteiger partial charge in [-0.3, -0.25) is 14.5 Å². The number of nitrogens with zero attached hydrogens (tertiary/aromatic N) is 2. The molecule has 22 heavy (non-hydrogen) atoms. The van der Waals surface area contributed by atoms with E-state index in [1.165, 1.54) is 19.3 Å². The Morgan fingerprint density at radius 3 is 2.45 bits per heavy atom. The Morgan fingerprint density at radius 1 is 1.05 bits per heavy atom. The Bertz CT molecular complexity index is 380. The quantitative estimate of drug-likeness (QED) is 0.847. The molecular formula is C17H30N2O3. The number of hydrogen-bond acceptors (Lipinski definition) is 3. The standard InChI is InChI=1S/C17H30N2O3/c1-18(15-7-3-2-4-8-15)16(20)13-19-10-5-6-14(9-11-19)12-17(21)22/h14-15H,2-13H2,1H3,(H,21,22)/t14-/m0/s1. The van der Waals surface area contributed by atoms with Gasteiger partial charge in [-0.25, -0.2) is 0 Å². The summed E-state index contributed by atoms with van der Waals surface area (Å²) < 4.78 is 0. The fourth-order valence-electron chi connectivity index (χ4n) is 3.81. The summed E-state index contributed by atoms with van der Waals surface area (Å²) in [5.41, 5.74) is 0. The maximum absolute atomic E-state index is 12.5. The van der Waals surface area contributed by atoms with Crippen LogP contribution >= 0.6 is 0 Å². The van der Waals surface area contributed by atoms with Crippen molar-refractivity contribution in [2.45, 2.75) is 63.8 Å². The van der Waals surface area contributed by atoms with Gasteiger partial charge in [0.15, 0.2) is 0 Å². The normalized spacial score (nSPS) is 24.7. The van der Waals surface area contributed by atoms with Crippen molar-refractivity contribution in [3.05, 3.63) is 0 Å². The lowest BCUT2D eigenvalue weighted by molar-refractivity contribution is -0.138. The molecule has 2 aliphatic rings. The first-order chi connectivity index (χ1) is 10.6. The lowest BCUT2D eigenvalue weighted by Crippen LogP contribution is -2.44. The topological polar surface area (TPSA) is 60.9 Å². The van der Waals surface area contributed by atoms with E-state index in [2.05, 4.69) is 4.90 Å². The van der Waals surface area contributed by atoms with Crippen LogP contribution in [0.15, 0.2) is 0 Å². The van der Waals surface area contributed by atoms with Gasteiger partial charge in [0.05, 0.1) is 6.54 Å². The van der Waals surface area contributed by atoms with Crippen molar-refractivity contribution in [1.82, 2.24) is 9.80 Å². The largest absolute Gasteiger partial charge is 0.481 e. The van der Waals surface area contributed by atoms with E-state index >= 15 is 0 Å². The number of carboxylic acids is 1. The third kappa shape index (κ3) is 5.27. The van der Waals surface area contributed by atoms with E-state index in [4.69, 9.17) is 5.11 Å². The van der Waals surface area contributed by atoms with Crippen molar-refractivity contribution in [2.24, 2.45) is 5.92 Å². The Morgan fingerprint density at radius 2 is 1.77 bits per heavy atom. The van der Waals surface area contributed by atoms with Gasteiger partial charge in [-0.1, -0.05) is 19.3 Å². The maximum Gasteiger partial charge on any atom is 0.303 e. The summed E-state index contributed by atoms with van der Waals surface area (Å²) in [6.07, 6.45) is 9.19. The molecule has 0 bridgehead atoms. The fourth-order valence-corrected chi connectivity index (χ4v) is 3.81. The maximum atomic E-state index is 12.5. The van der Waals surface area contributed by atoms with Crippen molar-refractivity contribution < 1.29 is 14.7 Å². The Hall–Kier alpha value is -1.10. The molecule has 0 aromatic carbocycles. The number of likely N-dealkylation sites (N-methyl/N-ethyl adjacent to an activating group) is 1. The number of carbonyl (C=O) groups is 2. The minimum Gasteiger partial charge on any atom is -0.481 e. The van der Waals surface area contributed by atoms with E-state index in [1.807, 2.05) is 11.9 Å². The van der Waals surface area contributed by atoms with Gasteiger partial charge >= 0.3 is 5.97 Å². The Labute approximate surface area is 133 Å². The predicted molar refractivity (Wildman–Crippen MR) is 85.7 cm³/mol.